The van der Waals surface area contributed by atoms with Crippen molar-refractivity contribution in [1.29, 1.82) is 0 Å². The molecule has 1 fully saturated rings. The van der Waals surface area contributed by atoms with Gasteiger partial charge in [0.25, 0.3) is 0 Å². The lowest BCUT2D eigenvalue weighted by molar-refractivity contribution is 0.187. The average molecular weight is 155 g/mol. The maximum absolute atomic E-state index is 7.25. The van der Waals surface area contributed by atoms with Crippen LogP contribution in [0.4, 0.5) is 0 Å². The summed E-state index contributed by atoms with van der Waals surface area (Å²) in [4.78, 5) is 2.52. The molecule has 0 aliphatic carbocycles. The molecule has 0 saturated carbocycles. The zero-order chi connectivity index (χ0) is 8.10. The Balaban J connectivity index is 2.14. The predicted molar refractivity (Wildman–Crippen MR) is 47.4 cm³/mol. The molecule has 2 heteroatoms. The maximum Gasteiger partial charge on any atom is 0.0129 e. The first-order valence-corrected chi connectivity index (χ1v) is 4.73. The molecular formula is C9H19N2. The number of rotatable bonds is 3. The lowest BCUT2D eigenvalue weighted by Gasteiger charge is -2.30. The summed E-state index contributed by atoms with van der Waals surface area (Å²) in [6.07, 6.45) is 3.78. The molecule has 0 unspecified atom stereocenters. The summed E-state index contributed by atoms with van der Waals surface area (Å²) in [5.74, 6) is 0.697. The molecule has 1 aliphatic heterocycles. The molecule has 0 amide bonds. The van der Waals surface area contributed by atoms with E-state index >= 15 is 0 Å². The van der Waals surface area contributed by atoms with Crippen molar-refractivity contribution < 1.29 is 0 Å². The zero-order valence-electron chi connectivity index (χ0n) is 7.47. The minimum absolute atomic E-state index is 0.639. The number of piperidine rings is 1. The van der Waals surface area contributed by atoms with Crippen molar-refractivity contribution in [3.63, 3.8) is 0 Å². The van der Waals surface area contributed by atoms with E-state index < -0.39 is 0 Å². The molecule has 1 aliphatic rings. The number of likely N-dealkylation sites (tertiary alicyclic amines) is 1. The lowest BCUT2D eigenvalue weighted by atomic mass is 9.97. The van der Waals surface area contributed by atoms with Gasteiger partial charge in [-0.15, -0.1) is 0 Å². The van der Waals surface area contributed by atoms with Gasteiger partial charge in [-0.25, -0.2) is 0 Å². The molecule has 0 aromatic rings. The Morgan fingerprint density at radius 3 is 2.45 bits per heavy atom. The molecule has 0 atom stereocenters. The van der Waals surface area contributed by atoms with Crippen LogP contribution in [0, 0.1) is 5.92 Å². The molecule has 0 aromatic carbocycles. The molecule has 11 heavy (non-hydrogen) atoms. The van der Waals surface area contributed by atoms with E-state index in [1.807, 2.05) is 0 Å². The topological polar surface area (TPSA) is 27.0 Å². The second-order valence-corrected chi connectivity index (χ2v) is 3.49. The van der Waals surface area contributed by atoms with Crippen molar-refractivity contribution >= 4 is 0 Å². The molecule has 0 spiro atoms. The first-order chi connectivity index (χ1) is 5.36. The Bertz CT molecular complexity index is 95.7. The van der Waals surface area contributed by atoms with Gasteiger partial charge in [-0.2, -0.15) is 0 Å². The van der Waals surface area contributed by atoms with E-state index in [9.17, 15) is 0 Å². The molecule has 0 aromatic heterocycles. The normalized spacial score (nSPS) is 22.4. The minimum Gasteiger partial charge on any atom is -0.303 e. The summed E-state index contributed by atoms with van der Waals surface area (Å²) in [5, 5.41) is 0. The van der Waals surface area contributed by atoms with Gasteiger partial charge in [0, 0.05) is 6.54 Å². The Hall–Kier alpha value is -0.0800. The summed E-state index contributed by atoms with van der Waals surface area (Å²) in [6, 6.07) is 0. The van der Waals surface area contributed by atoms with Gasteiger partial charge in [-0.05, 0) is 44.8 Å². The summed E-state index contributed by atoms with van der Waals surface area (Å²) in [5.41, 5.74) is 7.25. The number of nitrogens with zero attached hydrogens (tertiary/aromatic N) is 1. The van der Waals surface area contributed by atoms with Crippen LogP contribution in [0.2, 0.25) is 0 Å². The smallest absolute Gasteiger partial charge is 0.0129 e. The highest BCUT2D eigenvalue weighted by atomic mass is 15.1. The molecule has 1 saturated heterocycles. The first-order valence-electron chi connectivity index (χ1n) is 4.73. The van der Waals surface area contributed by atoms with Crippen molar-refractivity contribution in [3.8, 4) is 0 Å². The molecule has 0 bridgehead atoms. The zero-order valence-corrected chi connectivity index (χ0v) is 7.47. The van der Waals surface area contributed by atoms with Crippen LogP contribution in [0.3, 0.4) is 0 Å². The van der Waals surface area contributed by atoms with E-state index in [2.05, 4.69) is 11.8 Å². The Morgan fingerprint density at radius 1 is 1.36 bits per heavy atom. The maximum atomic E-state index is 7.25. The Labute approximate surface area is 69.8 Å². The quantitative estimate of drug-likeness (QED) is 0.605. The summed E-state index contributed by atoms with van der Waals surface area (Å²) in [7, 11) is 0. The van der Waals surface area contributed by atoms with Gasteiger partial charge in [-0.3, -0.25) is 5.73 Å². The summed E-state index contributed by atoms with van der Waals surface area (Å²) in [6.45, 7) is 6.59. The van der Waals surface area contributed by atoms with Crippen LogP contribution in [0.5, 0.6) is 0 Å². The Morgan fingerprint density at radius 2 is 2.00 bits per heavy atom. The molecule has 2 nitrogen and oxygen atoms in total. The second-order valence-electron chi connectivity index (χ2n) is 3.49. The van der Waals surface area contributed by atoms with Gasteiger partial charge in [0.2, 0.25) is 0 Å². The highest BCUT2D eigenvalue weighted by molar-refractivity contribution is 4.71. The van der Waals surface area contributed by atoms with E-state index in [-0.39, 0.29) is 0 Å². The fourth-order valence-corrected chi connectivity index (χ4v) is 1.73. The highest BCUT2D eigenvalue weighted by Gasteiger charge is 2.16. The van der Waals surface area contributed by atoms with Gasteiger partial charge < -0.3 is 4.90 Å². The highest BCUT2D eigenvalue weighted by Crippen LogP contribution is 2.15. The van der Waals surface area contributed by atoms with Crippen LogP contribution < -0.4 is 5.73 Å². The number of nitrogens with one attached hydrogen (secondary N) is 1. The number of hydrogen-bond acceptors (Lipinski definition) is 1. The van der Waals surface area contributed by atoms with E-state index in [1.165, 1.54) is 38.9 Å². The van der Waals surface area contributed by atoms with Crippen molar-refractivity contribution in [2.45, 2.75) is 26.2 Å². The van der Waals surface area contributed by atoms with Gasteiger partial charge in [0.1, 0.15) is 0 Å². The van der Waals surface area contributed by atoms with Crippen LogP contribution in [0.1, 0.15) is 26.2 Å². The standard InChI is InChI=1S/C9H19N2/c1-2-5-11-6-3-9(8-10)4-7-11/h9-10H,2-8H2,1H3. The molecular weight excluding hydrogens is 136 g/mol. The fraction of sp³-hybridized carbons (Fsp3) is 1.00. The molecule has 65 valence electrons. The van der Waals surface area contributed by atoms with Crippen molar-refractivity contribution in [2.24, 2.45) is 5.92 Å². The van der Waals surface area contributed by atoms with Crippen molar-refractivity contribution in [1.82, 2.24) is 10.6 Å². The summed E-state index contributed by atoms with van der Waals surface area (Å²) >= 11 is 0. The van der Waals surface area contributed by atoms with Crippen LogP contribution in [-0.4, -0.2) is 31.1 Å². The second kappa shape index (κ2) is 4.73. The molecule has 1 heterocycles. The van der Waals surface area contributed by atoms with Crippen molar-refractivity contribution in [2.75, 3.05) is 26.2 Å². The monoisotopic (exact) mass is 155 g/mol. The van der Waals surface area contributed by atoms with Gasteiger partial charge >= 0.3 is 0 Å². The third-order valence-electron chi connectivity index (χ3n) is 2.54. The average Bonchev–Trinajstić information content (AvgIpc) is 2.07. The number of hydrogen-bond donors (Lipinski definition) is 0. The Kier molecular flexibility index (Phi) is 3.87. The third kappa shape index (κ3) is 2.80. The molecule has 1 rings (SSSR count). The lowest BCUT2D eigenvalue weighted by Crippen LogP contribution is -2.35. The van der Waals surface area contributed by atoms with Crippen LogP contribution in [-0.2, 0) is 0 Å². The van der Waals surface area contributed by atoms with E-state index in [0.717, 1.165) is 0 Å². The van der Waals surface area contributed by atoms with Gasteiger partial charge in [-0.1, -0.05) is 6.92 Å². The molecule has 1 N–H and O–H groups in total. The first kappa shape index (κ1) is 9.01. The van der Waals surface area contributed by atoms with E-state index in [1.54, 1.807) is 0 Å². The molecule has 1 radical (unpaired) electrons. The van der Waals surface area contributed by atoms with Crippen LogP contribution in [0.15, 0.2) is 0 Å². The minimum atomic E-state index is 0.639. The van der Waals surface area contributed by atoms with Gasteiger partial charge in [0.05, 0.1) is 0 Å². The largest absolute Gasteiger partial charge is 0.303 e. The van der Waals surface area contributed by atoms with Crippen molar-refractivity contribution in [3.05, 3.63) is 0 Å². The van der Waals surface area contributed by atoms with E-state index in [4.69, 9.17) is 5.73 Å². The van der Waals surface area contributed by atoms with E-state index in [0.29, 0.717) is 12.5 Å². The SMILES string of the molecule is CCCN1CCC(C[NH])CC1. The van der Waals surface area contributed by atoms with Gasteiger partial charge in [0.15, 0.2) is 0 Å². The third-order valence-corrected chi connectivity index (χ3v) is 2.54. The van der Waals surface area contributed by atoms with Crippen LogP contribution in [0.25, 0.3) is 0 Å². The predicted octanol–water partition coefficient (Wildman–Crippen LogP) is 1.39. The fourth-order valence-electron chi connectivity index (χ4n) is 1.73. The van der Waals surface area contributed by atoms with Crippen LogP contribution >= 0.6 is 0 Å². The summed E-state index contributed by atoms with van der Waals surface area (Å²) < 4.78 is 0.